The Morgan fingerprint density at radius 2 is 2.05 bits per heavy atom. The summed E-state index contributed by atoms with van der Waals surface area (Å²) in [6.07, 6.45) is -3.55. The molecular weight excluding hydrogens is 255 g/mol. The zero-order chi connectivity index (χ0) is 14.0. The topological polar surface area (TPSA) is 21.3 Å². The number of halogens is 3. The lowest BCUT2D eigenvalue weighted by Gasteiger charge is -2.19. The lowest BCUT2D eigenvalue weighted by atomic mass is 10.00. The van der Waals surface area contributed by atoms with Crippen LogP contribution in [0.5, 0.6) is 5.75 Å². The molecular formula is C14H18F3NO. The van der Waals surface area contributed by atoms with E-state index in [2.05, 4.69) is 5.32 Å². The van der Waals surface area contributed by atoms with Crippen molar-refractivity contribution in [1.82, 2.24) is 5.32 Å². The van der Waals surface area contributed by atoms with Crippen molar-refractivity contribution >= 4 is 0 Å². The van der Waals surface area contributed by atoms with E-state index in [4.69, 9.17) is 4.74 Å². The predicted octanol–water partition coefficient (Wildman–Crippen LogP) is 3.57. The molecule has 0 aliphatic carbocycles. The van der Waals surface area contributed by atoms with Gasteiger partial charge in [0, 0.05) is 6.54 Å². The lowest BCUT2D eigenvalue weighted by molar-refractivity contribution is -0.137. The van der Waals surface area contributed by atoms with E-state index >= 15 is 0 Å². The highest BCUT2D eigenvalue weighted by Gasteiger charge is 2.32. The molecule has 19 heavy (non-hydrogen) atoms. The highest BCUT2D eigenvalue weighted by molar-refractivity contribution is 5.40. The fourth-order valence-corrected chi connectivity index (χ4v) is 2.20. The molecule has 1 heterocycles. The van der Waals surface area contributed by atoms with Gasteiger partial charge in [-0.2, -0.15) is 13.2 Å². The fraction of sp³-hybridized carbons (Fsp3) is 0.571. The zero-order valence-electron chi connectivity index (χ0n) is 11.1. The predicted molar refractivity (Wildman–Crippen MR) is 67.4 cm³/mol. The maximum absolute atomic E-state index is 12.7. The Hall–Kier alpha value is -1.23. The molecule has 0 bridgehead atoms. The molecule has 0 radical (unpaired) electrons. The van der Waals surface area contributed by atoms with Crippen LogP contribution in [0.1, 0.15) is 37.3 Å². The fourth-order valence-electron chi connectivity index (χ4n) is 2.20. The Bertz CT molecular complexity index is 437. The highest BCUT2D eigenvalue weighted by Crippen LogP contribution is 2.36. The molecule has 1 aliphatic rings. The third-order valence-corrected chi connectivity index (χ3v) is 3.27. The van der Waals surface area contributed by atoms with Gasteiger partial charge in [-0.15, -0.1) is 0 Å². The number of nitrogens with one attached hydrogen (secondary N) is 1. The Morgan fingerprint density at radius 3 is 2.58 bits per heavy atom. The standard InChI is InChI=1S/C14H18F3NO/c1-9(2)12-4-3-10(14(15,16)17)7-13(12)19-11-5-6-18-8-11/h3-4,7,9,11,18H,5-6,8H2,1-2H3/t11-/m0/s1. The van der Waals surface area contributed by atoms with E-state index in [-0.39, 0.29) is 12.0 Å². The number of benzene rings is 1. The third-order valence-electron chi connectivity index (χ3n) is 3.27. The van der Waals surface area contributed by atoms with Crippen molar-refractivity contribution in [3.8, 4) is 5.75 Å². The van der Waals surface area contributed by atoms with Gasteiger partial charge in [0.2, 0.25) is 0 Å². The molecule has 1 aliphatic heterocycles. The number of hydrogen-bond acceptors (Lipinski definition) is 2. The molecule has 106 valence electrons. The summed E-state index contributed by atoms with van der Waals surface area (Å²) in [4.78, 5) is 0. The van der Waals surface area contributed by atoms with Crippen LogP contribution in [0, 0.1) is 0 Å². The number of rotatable bonds is 3. The van der Waals surface area contributed by atoms with E-state index in [1.54, 1.807) is 0 Å². The van der Waals surface area contributed by atoms with Gasteiger partial charge >= 0.3 is 6.18 Å². The minimum absolute atomic E-state index is 0.0408. The Balaban J connectivity index is 2.30. The lowest BCUT2D eigenvalue weighted by Crippen LogP contribution is -2.20. The van der Waals surface area contributed by atoms with Gasteiger partial charge in [0.1, 0.15) is 11.9 Å². The quantitative estimate of drug-likeness (QED) is 0.909. The monoisotopic (exact) mass is 273 g/mol. The van der Waals surface area contributed by atoms with Gasteiger partial charge in [0.05, 0.1) is 5.56 Å². The average molecular weight is 273 g/mol. The molecule has 2 rings (SSSR count). The van der Waals surface area contributed by atoms with Crippen molar-refractivity contribution in [1.29, 1.82) is 0 Å². The molecule has 0 amide bonds. The normalized spacial score (nSPS) is 20.0. The molecule has 2 nitrogen and oxygen atoms in total. The molecule has 0 saturated carbocycles. The van der Waals surface area contributed by atoms with Crippen LogP contribution in [0.3, 0.4) is 0 Å². The van der Waals surface area contributed by atoms with Crippen molar-refractivity contribution in [2.24, 2.45) is 0 Å². The van der Waals surface area contributed by atoms with Gasteiger partial charge in [0.25, 0.3) is 0 Å². The van der Waals surface area contributed by atoms with Crippen LogP contribution >= 0.6 is 0 Å². The summed E-state index contributed by atoms with van der Waals surface area (Å²) in [5.41, 5.74) is 0.165. The van der Waals surface area contributed by atoms with Gasteiger partial charge in [-0.05, 0) is 36.6 Å². The number of hydrogen-bond donors (Lipinski definition) is 1. The molecule has 0 aromatic heterocycles. The molecule has 1 aromatic rings. The average Bonchev–Trinajstić information content (AvgIpc) is 2.80. The highest BCUT2D eigenvalue weighted by atomic mass is 19.4. The summed E-state index contributed by atoms with van der Waals surface area (Å²) in [7, 11) is 0. The second kappa shape index (κ2) is 5.41. The van der Waals surface area contributed by atoms with E-state index in [0.717, 1.165) is 30.7 Å². The second-order valence-electron chi connectivity index (χ2n) is 5.14. The van der Waals surface area contributed by atoms with E-state index in [1.165, 1.54) is 6.07 Å². The van der Waals surface area contributed by atoms with Gasteiger partial charge < -0.3 is 10.1 Å². The summed E-state index contributed by atoms with van der Waals surface area (Å²) >= 11 is 0. The second-order valence-corrected chi connectivity index (χ2v) is 5.14. The first kappa shape index (κ1) is 14.2. The molecule has 1 aromatic carbocycles. The van der Waals surface area contributed by atoms with Crippen molar-refractivity contribution in [3.63, 3.8) is 0 Å². The van der Waals surface area contributed by atoms with Crippen molar-refractivity contribution in [3.05, 3.63) is 29.3 Å². The largest absolute Gasteiger partial charge is 0.489 e. The summed E-state index contributed by atoms with van der Waals surface area (Å²) < 4.78 is 44.0. The minimum Gasteiger partial charge on any atom is -0.489 e. The summed E-state index contributed by atoms with van der Waals surface area (Å²) in [6.45, 7) is 5.43. The Labute approximate surface area is 111 Å². The summed E-state index contributed by atoms with van der Waals surface area (Å²) in [5.74, 6) is 0.491. The maximum Gasteiger partial charge on any atom is 0.416 e. The van der Waals surface area contributed by atoms with Gasteiger partial charge in [-0.3, -0.25) is 0 Å². The molecule has 1 saturated heterocycles. The first-order chi connectivity index (χ1) is 8.88. The SMILES string of the molecule is CC(C)c1ccc(C(F)(F)F)cc1O[C@H]1CCNC1. The molecule has 5 heteroatoms. The van der Waals surface area contributed by atoms with Crippen LogP contribution in [0.2, 0.25) is 0 Å². The van der Waals surface area contributed by atoms with Crippen LogP contribution in [0.4, 0.5) is 13.2 Å². The summed E-state index contributed by atoms with van der Waals surface area (Å²) in [6, 6.07) is 3.76. The van der Waals surface area contributed by atoms with Gasteiger partial charge in [0.15, 0.2) is 0 Å². The molecule has 0 spiro atoms. The maximum atomic E-state index is 12.7. The zero-order valence-corrected chi connectivity index (χ0v) is 11.1. The Kier molecular flexibility index (Phi) is 4.04. The minimum atomic E-state index is -4.33. The van der Waals surface area contributed by atoms with Crippen LogP contribution in [0.15, 0.2) is 18.2 Å². The molecule has 1 N–H and O–H groups in total. The van der Waals surface area contributed by atoms with Crippen molar-refractivity contribution in [2.45, 2.75) is 38.5 Å². The molecule has 1 fully saturated rings. The van der Waals surface area contributed by atoms with Crippen molar-refractivity contribution in [2.75, 3.05) is 13.1 Å². The smallest absolute Gasteiger partial charge is 0.416 e. The first-order valence-corrected chi connectivity index (χ1v) is 6.46. The van der Waals surface area contributed by atoms with Crippen LogP contribution < -0.4 is 10.1 Å². The summed E-state index contributed by atoms with van der Waals surface area (Å²) in [5, 5.41) is 3.14. The molecule has 0 unspecified atom stereocenters. The third kappa shape index (κ3) is 3.41. The number of ether oxygens (including phenoxy) is 1. The van der Waals surface area contributed by atoms with Gasteiger partial charge in [-0.25, -0.2) is 0 Å². The van der Waals surface area contributed by atoms with Crippen molar-refractivity contribution < 1.29 is 17.9 Å². The first-order valence-electron chi connectivity index (χ1n) is 6.46. The van der Waals surface area contributed by atoms with E-state index in [0.29, 0.717) is 12.3 Å². The van der Waals surface area contributed by atoms with E-state index in [1.807, 2.05) is 13.8 Å². The van der Waals surface area contributed by atoms with E-state index < -0.39 is 11.7 Å². The van der Waals surface area contributed by atoms with Crippen LogP contribution in [-0.2, 0) is 6.18 Å². The van der Waals surface area contributed by atoms with Crippen LogP contribution in [-0.4, -0.2) is 19.2 Å². The molecule has 1 atom stereocenters. The van der Waals surface area contributed by atoms with Gasteiger partial charge in [-0.1, -0.05) is 19.9 Å². The number of alkyl halides is 3. The van der Waals surface area contributed by atoms with E-state index in [9.17, 15) is 13.2 Å². The van der Waals surface area contributed by atoms with Crippen LogP contribution in [0.25, 0.3) is 0 Å². The Morgan fingerprint density at radius 1 is 1.32 bits per heavy atom.